The van der Waals surface area contributed by atoms with Gasteiger partial charge in [0.05, 0.1) is 11.9 Å². The molecule has 0 aliphatic rings. The van der Waals surface area contributed by atoms with Crippen LogP contribution in [0.4, 0.5) is 19.1 Å². The van der Waals surface area contributed by atoms with Crippen molar-refractivity contribution in [2.75, 3.05) is 5.32 Å². The molecule has 148 valence electrons. The Hall–Kier alpha value is -3.82. The van der Waals surface area contributed by atoms with E-state index in [0.717, 1.165) is 5.69 Å². The lowest BCUT2D eigenvalue weighted by Gasteiger charge is -2.13. The monoisotopic (exact) mass is 401 g/mol. The Morgan fingerprint density at radius 1 is 1.07 bits per heavy atom. The van der Waals surface area contributed by atoms with E-state index in [4.69, 9.17) is 0 Å². The van der Waals surface area contributed by atoms with Crippen LogP contribution < -0.4 is 15.6 Å². The molecule has 4 aromatic rings. The van der Waals surface area contributed by atoms with Gasteiger partial charge in [-0.15, -0.1) is 13.2 Å². The summed E-state index contributed by atoms with van der Waals surface area (Å²) in [6, 6.07) is 14.9. The molecule has 0 aliphatic carbocycles. The summed E-state index contributed by atoms with van der Waals surface area (Å²) < 4.78 is 43.3. The zero-order valence-corrected chi connectivity index (χ0v) is 14.8. The molecule has 0 aliphatic heterocycles. The normalized spacial score (nSPS) is 11.6. The summed E-state index contributed by atoms with van der Waals surface area (Å²) in [5.41, 5.74) is 0.876. The van der Waals surface area contributed by atoms with E-state index in [0.29, 0.717) is 11.0 Å². The minimum Gasteiger partial charge on any atom is -0.405 e. The summed E-state index contributed by atoms with van der Waals surface area (Å²) >= 11 is 0. The maximum Gasteiger partial charge on any atom is 0.573 e. The first-order valence-electron chi connectivity index (χ1n) is 8.52. The first kappa shape index (κ1) is 18.5. The second kappa shape index (κ2) is 7.30. The topological polar surface area (TPSA) is 84.8 Å². The third kappa shape index (κ3) is 4.05. The number of fused-ring (bicyclic) bond motifs is 1. The highest BCUT2D eigenvalue weighted by atomic mass is 19.4. The van der Waals surface area contributed by atoms with E-state index in [1.807, 2.05) is 30.3 Å². The molecule has 0 spiro atoms. The third-order valence-corrected chi connectivity index (χ3v) is 4.08. The Bertz CT molecular complexity index is 1200. The number of nitrogens with zero attached hydrogens (tertiary/aromatic N) is 3. The SMILES string of the molecule is O=c1[nH]c(NCc2ccccc2OC(F)(F)F)nc2c1cnn2-c1ccccc1. The number of benzene rings is 2. The van der Waals surface area contributed by atoms with Crippen LogP contribution in [0.1, 0.15) is 5.56 Å². The fourth-order valence-electron chi connectivity index (χ4n) is 2.81. The number of alkyl halides is 3. The molecule has 4 rings (SSSR count). The summed E-state index contributed by atoms with van der Waals surface area (Å²) in [6.45, 7) is -0.0415. The Morgan fingerprint density at radius 3 is 2.55 bits per heavy atom. The van der Waals surface area contributed by atoms with E-state index in [2.05, 4.69) is 25.1 Å². The van der Waals surface area contributed by atoms with Crippen LogP contribution in [0.3, 0.4) is 0 Å². The van der Waals surface area contributed by atoms with E-state index >= 15 is 0 Å². The fourth-order valence-corrected chi connectivity index (χ4v) is 2.81. The van der Waals surface area contributed by atoms with Gasteiger partial charge in [0.25, 0.3) is 5.56 Å². The number of aromatic amines is 1. The smallest absolute Gasteiger partial charge is 0.405 e. The van der Waals surface area contributed by atoms with Gasteiger partial charge in [-0.3, -0.25) is 9.78 Å². The van der Waals surface area contributed by atoms with E-state index in [1.165, 1.54) is 29.1 Å². The number of nitrogens with one attached hydrogen (secondary N) is 2. The van der Waals surface area contributed by atoms with Gasteiger partial charge in [0, 0.05) is 12.1 Å². The number of halogens is 3. The van der Waals surface area contributed by atoms with E-state index < -0.39 is 11.9 Å². The average Bonchev–Trinajstić information content (AvgIpc) is 3.11. The molecular formula is C19H14F3N5O2. The molecule has 2 aromatic heterocycles. The lowest BCUT2D eigenvalue weighted by Crippen LogP contribution is -2.19. The average molecular weight is 401 g/mol. The van der Waals surface area contributed by atoms with Crippen LogP contribution in [0.25, 0.3) is 16.7 Å². The molecule has 7 nitrogen and oxygen atoms in total. The second-order valence-corrected chi connectivity index (χ2v) is 6.05. The van der Waals surface area contributed by atoms with Crippen molar-refractivity contribution in [3.8, 4) is 11.4 Å². The minimum absolute atomic E-state index is 0.0415. The number of anilines is 1. The van der Waals surface area contributed by atoms with Crippen LogP contribution in [0.5, 0.6) is 5.75 Å². The minimum atomic E-state index is -4.80. The van der Waals surface area contributed by atoms with Gasteiger partial charge in [-0.2, -0.15) is 10.1 Å². The van der Waals surface area contributed by atoms with Crippen molar-refractivity contribution >= 4 is 17.0 Å². The van der Waals surface area contributed by atoms with E-state index in [-0.39, 0.29) is 23.8 Å². The number of hydrogen-bond acceptors (Lipinski definition) is 5. The predicted molar refractivity (Wildman–Crippen MR) is 99.9 cm³/mol. The van der Waals surface area contributed by atoms with Gasteiger partial charge < -0.3 is 10.1 Å². The van der Waals surface area contributed by atoms with Gasteiger partial charge in [0.2, 0.25) is 5.95 Å². The first-order chi connectivity index (χ1) is 13.9. The summed E-state index contributed by atoms with van der Waals surface area (Å²) in [5, 5.41) is 7.33. The lowest BCUT2D eigenvalue weighted by molar-refractivity contribution is -0.274. The van der Waals surface area contributed by atoms with Crippen molar-refractivity contribution in [3.05, 3.63) is 76.7 Å². The maximum atomic E-state index is 12.6. The van der Waals surface area contributed by atoms with Crippen molar-refractivity contribution in [1.82, 2.24) is 19.7 Å². The molecule has 0 fully saturated rings. The molecule has 0 atom stereocenters. The van der Waals surface area contributed by atoms with Gasteiger partial charge in [0.15, 0.2) is 5.65 Å². The zero-order valence-electron chi connectivity index (χ0n) is 14.8. The molecule has 0 saturated heterocycles. The molecular weight excluding hydrogens is 387 g/mol. The molecule has 0 unspecified atom stereocenters. The Kier molecular flexibility index (Phi) is 4.67. The van der Waals surface area contributed by atoms with Crippen molar-refractivity contribution < 1.29 is 17.9 Å². The summed E-state index contributed by atoms with van der Waals surface area (Å²) in [7, 11) is 0. The first-order valence-corrected chi connectivity index (χ1v) is 8.52. The largest absolute Gasteiger partial charge is 0.573 e. The summed E-state index contributed by atoms with van der Waals surface area (Å²) in [5.74, 6) is -0.229. The fraction of sp³-hybridized carbons (Fsp3) is 0.105. The van der Waals surface area contributed by atoms with Crippen LogP contribution in [0.15, 0.2) is 65.6 Å². The number of H-pyrrole nitrogens is 1. The van der Waals surface area contributed by atoms with Gasteiger partial charge in [0.1, 0.15) is 11.1 Å². The summed E-state index contributed by atoms with van der Waals surface area (Å²) in [6.07, 6.45) is -3.39. The molecule has 2 heterocycles. The number of ether oxygens (including phenoxy) is 1. The Morgan fingerprint density at radius 2 is 1.79 bits per heavy atom. The van der Waals surface area contributed by atoms with E-state index in [1.54, 1.807) is 6.07 Å². The summed E-state index contributed by atoms with van der Waals surface area (Å²) in [4.78, 5) is 19.3. The standard InChI is InChI=1S/C19H14F3N5O2/c20-19(21,22)29-15-9-5-4-6-12(15)10-23-18-25-16-14(17(28)26-18)11-24-27(16)13-7-2-1-3-8-13/h1-9,11H,10H2,(H2,23,25,26,28). The molecule has 2 N–H and O–H groups in total. The highest BCUT2D eigenvalue weighted by molar-refractivity contribution is 5.76. The van der Waals surface area contributed by atoms with Crippen molar-refractivity contribution in [2.24, 2.45) is 0 Å². The van der Waals surface area contributed by atoms with Crippen LogP contribution in [-0.2, 0) is 6.54 Å². The molecule has 2 aromatic carbocycles. The molecule has 0 radical (unpaired) electrons. The lowest BCUT2D eigenvalue weighted by atomic mass is 10.2. The van der Waals surface area contributed by atoms with Gasteiger partial charge in [-0.05, 0) is 18.2 Å². The van der Waals surface area contributed by atoms with Crippen LogP contribution in [0, 0.1) is 0 Å². The molecule has 29 heavy (non-hydrogen) atoms. The van der Waals surface area contributed by atoms with Crippen LogP contribution in [0.2, 0.25) is 0 Å². The highest BCUT2D eigenvalue weighted by Gasteiger charge is 2.31. The molecule has 10 heteroatoms. The van der Waals surface area contributed by atoms with Gasteiger partial charge in [-0.1, -0.05) is 36.4 Å². The van der Waals surface area contributed by atoms with Gasteiger partial charge >= 0.3 is 6.36 Å². The molecule has 0 saturated carbocycles. The molecule has 0 bridgehead atoms. The zero-order chi connectivity index (χ0) is 20.4. The van der Waals surface area contributed by atoms with Crippen LogP contribution >= 0.6 is 0 Å². The maximum absolute atomic E-state index is 12.6. The predicted octanol–water partition coefficient (Wildman–Crippen LogP) is 3.62. The van der Waals surface area contributed by atoms with Gasteiger partial charge in [-0.25, -0.2) is 4.68 Å². The number of rotatable bonds is 5. The number of aromatic nitrogens is 4. The van der Waals surface area contributed by atoms with E-state index in [9.17, 15) is 18.0 Å². The Balaban J connectivity index is 1.64. The quantitative estimate of drug-likeness (QED) is 0.534. The van der Waals surface area contributed by atoms with Crippen molar-refractivity contribution in [3.63, 3.8) is 0 Å². The van der Waals surface area contributed by atoms with Crippen molar-refractivity contribution in [2.45, 2.75) is 12.9 Å². The third-order valence-electron chi connectivity index (χ3n) is 4.08. The van der Waals surface area contributed by atoms with Crippen molar-refractivity contribution in [1.29, 1.82) is 0 Å². The second-order valence-electron chi connectivity index (χ2n) is 6.05. The van der Waals surface area contributed by atoms with Crippen LogP contribution in [-0.4, -0.2) is 26.1 Å². The number of para-hydroxylation sites is 2. The number of hydrogen-bond donors (Lipinski definition) is 2. The highest BCUT2D eigenvalue weighted by Crippen LogP contribution is 2.26. The molecule has 0 amide bonds. The Labute approximate surface area is 161 Å².